The summed E-state index contributed by atoms with van der Waals surface area (Å²) in [5.41, 5.74) is 2.09. The van der Waals surface area contributed by atoms with E-state index in [0.29, 0.717) is 5.15 Å². The fourth-order valence-corrected chi connectivity index (χ4v) is 2.84. The van der Waals surface area contributed by atoms with E-state index < -0.39 is 0 Å². The van der Waals surface area contributed by atoms with Gasteiger partial charge in [0.25, 0.3) is 0 Å². The number of aryl methyl sites for hydroxylation is 1. The topological polar surface area (TPSA) is 38.1 Å². The average Bonchev–Trinajstić information content (AvgIpc) is 2.83. The number of hydrogen-bond acceptors (Lipinski definition) is 3. The molecule has 1 atom stereocenters. The Hall–Kier alpha value is -1.00. The van der Waals surface area contributed by atoms with E-state index >= 15 is 0 Å². The Morgan fingerprint density at radius 2 is 2.39 bits per heavy atom. The van der Waals surface area contributed by atoms with Crippen LogP contribution in [0.3, 0.4) is 0 Å². The number of rotatable bonds is 2. The fourth-order valence-electron chi connectivity index (χ4n) is 2.35. The largest absolute Gasteiger partial charge is 0.469 e. The second-order valence-corrected chi connectivity index (χ2v) is 5.65. The highest BCUT2D eigenvalue weighted by atomic mass is 79.9. The van der Waals surface area contributed by atoms with Gasteiger partial charge in [0.2, 0.25) is 0 Å². The number of anilines is 1. The lowest BCUT2D eigenvalue weighted by Gasteiger charge is -2.24. The maximum Gasteiger partial charge on any atom is 0.152 e. The van der Waals surface area contributed by atoms with Gasteiger partial charge in [0.1, 0.15) is 5.76 Å². The number of furan rings is 1. The zero-order chi connectivity index (χ0) is 12.5. The Morgan fingerprint density at radius 3 is 3.28 bits per heavy atom. The normalized spacial score (nSPS) is 18.4. The first-order valence-corrected chi connectivity index (χ1v) is 7.05. The van der Waals surface area contributed by atoms with Crippen molar-refractivity contribution in [3.8, 4) is 0 Å². The Labute approximate surface area is 119 Å². The molecule has 0 amide bonds. The van der Waals surface area contributed by atoms with E-state index in [4.69, 9.17) is 16.0 Å². The summed E-state index contributed by atoms with van der Waals surface area (Å²) >= 11 is 9.50. The average molecular weight is 328 g/mol. The molecule has 0 radical (unpaired) electrons. The summed E-state index contributed by atoms with van der Waals surface area (Å²) in [5, 5.41) is 3.94. The number of hydrogen-bond donors (Lipinski definition) is 1. The quantitative estimate of drug-likeness (QED) is 0.820. The summed E-state index contributed by atoms with van der Waals surface area (Å²) in [6.07, 6.45) is 6.67. The zero-order valence-corrected chi connectivity index (χ0v) is 12.0. The minimum atomic E-state index is 0.251. The van der Waals surface area contributed by atoms with Gasteiger partial charge in [-0.15, -0.1) is 0 Å². The third-order valence-electron chi connectivity index (χ3n) is 3.19. The number of pyridine rings is 1. The minimum absolute atomic E-state index is 0.251. The minimum Gasteiger partial charge on any atom is -0.469 e. The van der Waals surface area contributed by atoms with Crippen molar-refractivity contribution in [1.29, 1.82) is 0 Å². The molecule has 1 aliphatic rings. The molecule has 5 heteroatoms. The van der Waals surface area contributed by atoms with Crippen LogP contribution in [0.25, 0.3) is 0 Å². The molecule has 0 spiro atoms. The number of aromatic nitrogens is 1. The van der Waals surface area contributed by atoms with Crippen LogP contribution >= 0.6 is 27.5 Å². The van der Waals surface area contributed by atoms with Crippen molar-refractivity contribution < 1.29 is 4.42 Å². The first-order valence-electron chi connectivity index (χ1n) is 5.88. The van der Waals surface area contributed by atoms with Gasteiger partial charge in [0.05, 0.1) is 18.0 Å². The van der Waals surface area contributed by atoms with Crippen LogP contribution in [0.4, 0.5) is 5.69 Å². The first kappa shape index (κ1) is 12.1. The summed E-state index contributed by atoms with van der Waals surface area (Å²) in [7, 11) is 0. The van der Waals surface area contributed by atoms with Crippen LogP contribution in [0.15, 0.2) is 33.5 Å². The summed E-state index contributed by atoms with van der Waals surface area (Å²) in [4.78, 5) is 4.12. The van der Waals surface area contributed by atoms with E-state index in [-0.39, 0.29) is 6.04 Å². The number of fused-ring (bicyclic) bond motifs is 1. The molecular weight excluding hydrogens is 316 g/mol. The van der Waals surface area contributed by atoms with Crippen LogP contribution < -0.4 is 5.32 Å². The molecular formula is C13H12BrClN2O. The van der Waals surface area contributed by atoms with Crippen molar-refractivity contribution in [3.05, 3.63) is 45.5 Å². The van der Waals surface area contributed by atoms with Crippen LogP contribution in [-0.2, 0) is 6.42 Å². The molecule has 0 saturated carbocycles. The van der Waals surface area contributed by atoms with Gasteiger partial charge in [0.15, 0.2) is 5.15 Å². The predicted octanol–water partition coefficient (Wildman–Crippen LogP) is 4.58. The van der Waals surface area contributed by atoms with Gasteiger partial charge in [-0.3, -0.25) is 0 Å². The van der Waals surface area contributed by atoms with Crippen molar-refractivity contribution in [2.45, 2.75) is 25.3 Å². The van der Waals surface area contributed by atoms with Crippen LogP contribution in [0.2, 0.25) is 5.15 Å². The molecule has 18 heavy (non-hydrogen) atoms. The number of halogens is 2. The molecule has 1 N–H and O–H groups in total. The molecule has 0 aromatic carbocycles. The van der Waals surface area contributed by atoms with E-state index in [1.54, 1.807) is 12.5 Å². The Kier molecular flexibility index (Phi) is 3.31. The molecule has 3 nitrogen and oxygen atoms in total. The Balaban J connectivity index is 1.88. The third-order valence-corrected chi connectivity index (χ3v) is 3.92. The fraction of sp³-hybridized carbons (Fsp3) is 0.308. The van der Waals surface area contributed by atoms with Crippen molar-refractivity contribution in [2.24, 2.45) is 0 Å². The molecule has 2 heterocycles. The first-order chi connectivity index (χ1) is 8.74. The van der Waals surface area contributed by atoms with Crippen LogP contribution in [0.1, 0.15) is 30.2 Å². The van der Waals surface area contributed by atoms with Crippen molar-refractivity contribution >= 4 is 33.2 Å². The Morgan fingerprint density at radius 1 is 1.50 bits per heavy atom. The highest BCUT2D eigenvalue weighted by Crippen LogP contribution is 2.35. The van der Waals surface area contributed by atoms with Crippen molar-refractivity contribution in [1.82, 2.24) is 4.98 Å². The molecule has 3 rings (SSSR count). The van der Waals surface area contributed by atoms with E-state index in [0.717, 1.165) is 35.2 Å². The standard InChI is InChI=1S/C13H12BrClN2O/c14-8-6-11(13(15)16-7-8)17-10-2-1-3-12-9(10)4-5-18-12/h4-7,10,17H,1-3H2. The molecule has 94 valence electrons. The zero-order valence-electron chi connectivity index (χ0n) is 9.62. The third kappa shape index (κ3) is 2.27. The van der Waals surface area contributed by atoms with Gasteiger partial charge in [-0.05, 0) is 40.9 Å². The lowest BCUT2D eigenvalue weighted by molar-refractivity contribution is 0.461. The van der Waals surface area contributed by atoms with Crippen molar-refractivity contribution in [2.75, 3.05) is 5.32 Å². The molecule has 1 aliphatic carbocycles. The molecule has 0 aliphatic heterocycles. The summed E-state index contributed by atoms with van der Waals surface area (Å²) < 4.78 is 6.39. The highest BCUT2D eigenvalue weighted by molar-refractivity contribution is 9.10. The summed E-state index contributed by atoms with van der Waals surface area (Å²) in [6, 6.07) is 4.23. The van der Waals surface area contributed by atoms with Crippen LogP contribution in [0.5, 0.6) is 0 Å². The van der Waals surface area contributed by atoms with Gasteiger partial charge < -0.3 is 9.73 Å². The molecule has 0 bridgehead atoms. The second kappa shape index (κ2) is 4.94. The SMILES string of the molecule is Clc1ncc(Br)cc1NC1CCCc2occc21. The van der Waals surface area contributed by atoms with Gasteiger partial charge in [-0.1, -0.05) is 11.6 Å². The van der Waals surface area contributed by atoms with Gasteiger partial charge >= 0.3 is 0 Å². The lowest BCUT2D eigenvalue weighted by atomic mass is 9.93. The number of nitrogens with one attached hydrogen (secondary N) is 1. The van der Waals surface area contributed by atoms with E-state index in [2.05, 4.69) is 26.2 Å². The van der Waals surface area contributed by atoms with Gasteiger partial charge in [-0.2, -0.15) is 0 Å². The van der Waals surface area contributed by atoms with E-state index in [9.17, 15) is 0 Å². The summed E-state index contributed by atoms with van der Waals surface area (Å²) in [6.45, 7) is 0. The monoisotopic (exact) mass is 326 g/mol. The molecule has 0 fully saturated rings. The van der Waals surface area contributed by atoms with E-state index in [1.165, 1.54) is 5.56 Å². The second-order valence-electron chi connectivity index (χ2n) is 4.38. The smallest absolute Gasteiger partial charge is 0.152 e. The van der Waals surface area contributed by atoms with Gasteiger partial charge in [0, 0.05) is 22.7 Å². The molecule has 2 aromatic heterocycles. The summed E-state index contributed by atoms with van der Waals surface area (Å²) in [5.74, 6) is 1.08. The van der Waals surface area contributed by atoms with Gasteiger partial charge in [-0.25, -0.2) is 4.98 Å². The Bertz CT molecular complexity index is 570. The van der Waals surface area contributed by atoms with E-state index in [1.807, 2.05) is 12.1 Å². The molecule has 0 saturated heterocycles. The highest BCUT2D eigenvalue weighted by Gasteiger charge is 2.23. The lowest BCUT2D eigenvalue weighted by Crippen LogP contribution is -2.16. The predicted molar refractivity (Wildman–Crippen MR) is 75.0 cm³/mol. The van der Waals surface area contributed by atoms with Crippen LogP contribution in [0, 0.1) is 0 Å². The molecule has 2 aromatic rings. The van der Waals surface area contributed by atoms with Crippen molar-refractivity contribution in [3.63, 3.8) is 0 Å². The van der Waals surface area contributed by atoms with Crippen LogP contribution in [-0.4, -0.2) is 4.98 Å². The number of nitrogens with zero attached hydrogens (tertiary/aromatic N) is 1. The maximum atomic E-state index is 6.10. The maximum absolute atomic E-state index is 6.10. The molecule has 1 unspecified atom stereocenters.